The zero-order valence-corrected chi connectivity index (χ0v) is 26.2. The fourth-order valence-electron chi connectivity index (χ4n) is 7.00. The Balaban J connectivity index is 1.45. The number of anilines is 2. The summed E-state index contributed by atoms with van der Waals surface area (Å²) in [6.07, 6.45) is -2.81. The van der Waals surface area contributed by atoms with E-state index >= 15 is 4.39 Å². The monoisotopic (exact) mass is 683 g/mol. The fourth-order valence-corrected chi connectivity index (χ4v) is 7.95. The van der Waals surface area contributed by atoms with Crippen molar-refractivity contribution in [2.24, 2.45) is 0 Å². The van der Waals surface area contributed by atoms with Crippen molar-refractivity contribution < 1.29 is 31.1 Å². The van der Waals surface area contributed by atoms with Gasteiger partial charge in [0.05, 0.1) is 33.6 Å². The Morgan fingerprint density at radius 1 is 1.21 bits per heavy atom. The highest BCUT2D eigenvalue weighted by Gasteiger charge is 2.49. The lowest BCUT2D eigenvalue weighted by Crippen LogP contribution is -2.43. The number of pyridine rings is 1. The predicted octanol–water partition coefficient (Wildman–Crippen LogP) is 7.25. The topological polar surface area (TPSA) is 104 Å². The van der Waals surface area contributed by atoms with Crippen molar-refractivity contribution in [2.45, 2.75) is 43.7 Å². The Morgan fingerprint density at radius 3 is 2.75 bits per heavy atom. The van der Waals surface area contributed by atoms with Crippen LogP contribution < -0.4 is 15.4 Å². The molecule has 0 aliphatic carbocycles. The van der Waals surface area contributed by atoms with Crippen LogP contribution in [0.1, 0.15) is 36.1 Å². The van der Waals surface area contributed by atoms with Gasteiger partial charge in [0, 0.05) is 42.5 Å². The second kappa shape index (κ2) is 11.8. The summed E-state index contributed by atoms with van der Waals surface area (Å²) in [7, 11) is 1.57. The van der Waals surface area contributed by atoms with Crippen molar-refractivity contribution in [3.63, 3.8) is 0 Å². The standard InChI is InChI=1S/C33H27F6N7OS/c1-45(15-18-5-2-3-9-42-18)30-20-11-22(33(37,38)39)25(19-6-7-23(35)28-24(19)21(13-40)29(41)48-28)26(36)27(20)43-31(44-30)47-16-32-8-4-10-46(32)14-17(34)12-32/h2-3,5-7,9,11,17H,4,8,10,12,14-16,41H2,1H3. The molecule has 248 valence electrons. The van der Waals surface area contributed by atoms with Crippen LogP contribution in [0.15, 0.2) is 42.6 Å². The van der Waals surface area contributed by atoms with E-state index in [-0.39, 0.29) is 69.5 Å². The quantitative estimate of drug-likeness (QED) is 0.179. The van der Waals surface area contributed by atoms with E-state index in [9.17, 15) is 27.2 Å². The van der Waals surface area contributed by atoms with Crippen LogP contribution in [0.3, 0.4) is 0 Å². The molecule has 3 aromatic heterocycles. The summed E-state index contributed by atoms with van der Waals surface area (Å²) in [5, 5.41) is 9.18. The van der Waals surface area contributed by atoms with Gasteiger partial charge >= 0.3 is 12.2 Å². The Kier molecular flexibility index (Phi) is 7.83. The molecule has 8 nitrogen and oxygen atoms in total. The number of nitriles is 1. The number of aromatic nitrogens is 3. The van der Waals surface area contributed by atoms with Crippen LogP contribution in [0.25, 0.3) is 32.1 Å². The summed E-state index contributed by atoms with van der Waals surface area (Å²) >= 11 is 0.685. The van der Waals surface area contributed by atoms with E-state index in [0.717, 1.165) is 24.6 Å². The molecule has 48 heavy (non-hydrogen) atoms. The Morgan fingerprint density at radius 2 is 2.02 bits per heavy atom. The molecule has 2 unspecified atom stereocenters. The number of hydrogen-bond donors (Lipinski definition) is 1. The normalized spacial score (nSPS) is 19.6. The maximum absolute atomic E-state index is 16.9. The number of fused-ring (bicyclic) bond motifs is 3. The van der Waals surface area contributed by atoms with Gasteiger partial charge in [0.1, 0.15) is 41.0 Å². The lowest BCUT2D eigenvalue weighted by atomic mass is 9.92. The number of alkyl halides is 4. The molecule has 0 bridgehead atoms. The summed E-state index contributed by atoms with van der Waals surface area (Å²) in [5.41, 5.74) is 2.49. The molecule has 0 saturated carbocycles. The molecule has 2 aliphatic heterocycles. The van der Waals surface area contributed by atoms with Crippen LogP contribution in [0.4, 0.5) is 37.2 Å². The van der Waals surface area contributed by atoms with Gasteiger partial charge in [0.2, 0.25) is 0 Å². The zero-order chi connectivity index (χ0) is 34.0. The number of thiophene rings is 1. The lowest BCUT2D eigenvalue weighted by Gasteiger charge is -2.31. The summed E-state index contributed by atoms with van der Waals surface area (Å²) in [5.74, 6) is -2.25. The molecule has 0 spiro atoms. The van der Waals surface area contributed by atoms with Crippen molar-refractivity contribution in [1.82, 2.24) is 19.9 Å². The van der Waals surface area contributed by atoms with Gasteiger partial charge in [-0.1, -0.05) is 12.1 Å². The Hall–Kier alpha value is -4.68. The van der Waals surface area contributed by atoms with Crippen LogP contribution >= 0.6 is 11.3 Å². The van der Waals surface area contributed by atoms with E-state index in [1.54, 1.807) is 31.4 Å². The summed E-state index contributed by atoms with van der Waals surface area (Å²) in [6.45, 7) is 1.05. The third-order valence-electron chi connectivity index (χ3n) is 9.11. The predicted molar refractivity (Wildman–Crippen MR) is 169 cm³/mol. The number of nitrogens with two attached hydrogens (primary N) is 1. The van der Waals surface area contributed by atoms with E-state index < -0.39 is 46.2 Å². The van der Waals surface area contributed by atoms with E-state index in [1.165, 1.54) is 4.90 Å². The first-order valence-electron chi connectivity index (χ1n) is 15.1. The maximum Gasteiger partial charge on any atom is 0.417 e. The van der Waals surface area contributed by atoms with Crippen molar-refractivity contribution in [1.29, 1.82) is 5.26 Å². The van der Waals surface area contributed by atoms with Gasteiger partial charge < -0.3 is 15.4 Å². The largest absolute Gasteiger partial charge is 0.461 e. The molecule has 5 heterocycles. The highest BCUT2D eigenvalue weighted by atomic mass is 32.1. The molecule has 7 rings (SSSR count). The molecule has 2 aliphatic rings. The number of rotatable bonds is 7. The molecule has 15 heteroatoms. The second-order valence-electron chi connectivity index (χ2n) is 12.1. The molecule has 0 radical (unpaired) electrons. The van der Waals surface area contributed by atoms with Crippen molar-refractivity contribution in [3.8, 4) is 23.2 Å². The zero-order valence-electron chi connectivity index (χ0n) is 25.4. The number of ether oxygens (including phenoxy) is 1. The molecular formula is C33H27F6N7OS. The van der Waals surface area contributed by atoms with E-state index in [4.69, 9.17) is 10.5 Å². The molecule has 2 atom stereocenters. The molecular weight excluding hydrogens is 656 g/mol. The first-order chi connectivity index (χ1) is 22.9. The number of hydrogen-bond acceptors (Lipinski definition) is 9. The first kappa shape index (κ1) is 31.9. The van der Waals surface area contributed by atoms with Gasteiger partial charge in [-0.2, -0.15) is 28.4 Å². The van der Waals surface area contributed by atoms with E-state index in [2.05, 4.69) is 15.0 Å². The average molecular weight is 684 g/mol. The molecule has 0 amide bonds. The van der Waals surface area contributed by atoms with Gasteiger partial charge in [-0.05, 0) is 49.2 Å². The van der Waals surface area contributed by atoms with Crippen LogP contribution in [0.5, 0.6) is 6.01 Å². The van der Waals surface area contributed by atoms with Crippen LogP contribution in [-0.4, -0.2) is 58.3 Å². The minimum atomic E-state index is -5.10. The van der Waals surface area contributed by atoms with Crippen LogP contribution in [0, 0.1) is 23.0 Å². The minimum Gasteiger partial charge on any atom is -0.461 e. The Bertz CT molecular complexity index is 2100. The lowest BCUT2D eigenvalue weighted by molar-refractivity contribution is -0.137. The first-order valence-corrected chi connectivity index (χ1v) is 15.9. The second-order valence-corrected chi connectivity index (χ2v) is 13.2. The maximum atomic E-state index is 16.9. The third-order valence-corrected chi connectivity index (χ3v) is 10.1. The Labute approximate surface area is 274 Å². The van der Waals surface area contributed by atoms with Crippen molar-refractivity contribution >= 4 is 43.1 Å². The molecule has 5 aromatic rings. The highest BCUT2D eigenvalue weighted by Crippen LogP contribution is 2.48. The number of nitrogen functional groups attached to an aromatic ring is 1. The average Bonchev–Trinajstić information content (AvgIpc) is 3.69. The smallest absolute Gasteiger partial charge is 0.417 e. The van der Waals surface area contributed by atoms with Crippen LogP contribution in [-0.2, 0) is 12.7 Å². The van der Waals surface area contributed by atoms with Crippen molar-refractivity contribution in [3.05, 3.63) is 71.1 Å². The molecule has 2 fully saturated rings. The minimum absolute atomic E-state index is 0.00424. The summed E-state index contributed by atoms with van der Waals surface area (Å²) < 4.78 is 96.7. The summed E-state index contributed by atoms with van der Waals surface area (Å²) in [6, 6.07) is 9.35. The van der Waals surface area contributed by atoms with Gasteiger partial charge in [0.25, 0.3) is 0 Å². The molecule has 2 saturated heterocycles. The van der Waals surface area contributed by atoms with Gasteiger partial charge in [0.15, 0.2) is 5.82 Å². The number of benzene rings is 2. The molecule has 2 aromatic carbocycles. The van der Waals surface area contributed by atoms with E-state index in [1.807, 2.05) is 11.0 Å². The number of nitrogens with zero attached hydrogens (tertiary/aromatic N) is 6. The number of halogens is 6. The van der Waals surface area contributed by atoms with Gasteiger partial charge in [-0.3, -0.25) is 9.88 Å². The van der Waals surface area contributed by atoms with Gasteiger partial charge in [-0.25, -0.2) is 13.2 Å². The van der Waals surface area contributed by atoms with Crippen molar-refractivity contribution in [2.75, 3.05) is 37.4 Å². The fraction of sp³-hybridized carbons (Fsp3) is 0.333. The SMILES string of the molecule is CN(Cc1ccccn1)c1nc(OCC23CCCN2CC(F)C3)nc2c(F)c(-c3ccc(F)c4sc(N)c(C#N)c34)c(C(F)(F)F)cc12. The molecule has 2 N–H and O–H groups in total. The summed E-state index contributed by atoms with van der Waals surface area (Å²) in [4.78, 5) is 16.5. The highest BCUT2D eigenvalue weighted by molar-refractivity contribution is 7.23. The van der Waals surface area contributed by atoms with Gasteiger partial charge in [-0.15, -0.1) is 11.3 Å². The van der Waals surface area contributed by atoms with E-state index in [0.29, 0.717) is 30.0 Å². The van der Waals surface area contributed by atoms with Crippen LogP contribution in [0.2, 0.25) is 0 Å². The third kappa shape index (κ3) is 5.32.